The average Bonchev–Trinajstić information content (AvgIpc) is 2.71. The van der Waals surface area contributed by atoms with Crippen LogP contribution in [-0.2, 0) is 0 Å². The third kappa shape index (κ3) is 3.25. The van der Waals surface area contributed by atoms with E-state index in [0.29, 0.717) is 6.54 Å². The minimum atomic E-state index is -0.669. The third-order valence-electron chi connectivity index (χ3n) is 4.06. The Morgan fingerprint density at radius 3 is 2.57 bits per heavy atom. The highest BCUT2D eigenvalue weighted by Gasteiger charge is 2.25. The van der Waals surface area contributed by atoms with Crippen molar-refractivity contribution >= 4 is 11.5 Å². The van der Waals surface area contributed by atoms with Crippen molar-refractivity contribution in [2.24, 2.45) is 10.9 Å². The summed E-state index contributed by atoms with van der Waals surface area (Å²) >= 11 is 0. The Morgan fingerprint density at radius 1 is 1.33 bits per heavy atom. The fraction of sp³-hybridized carbons (Fsp3) is 0.533. The Kier molecular flexibility index (Phi) is 4.98. The molecule has 1 unspecified atom stereocenters. The van der Waals surface area contributed by atoms with Crippen LogP contribution in [-0.4, -0.2) is 23.6 Å². The molecule has 116 valence electrons. The molecule has 0 spiro atoms. The smallest absolute Gasteiger partial charge is 0.170 e. The molecule has 0 radical (unpaired) electrons. The van der Waals surface area contributed by atoms with Gasteiger partial charge >= 0.3 is 0 Å². The minimum absolute atomic E-state index is 0.00163. The number of halogens is 2. The summed E-state index contributed by atoms with van der Waals surface area (Å²) in [5.74, 6) is -1.64. The molecule has 0 bridgehead atoms. The highest BCUT2D eigenvalue weighted by Crippen LogP contribution is 2.31. The van der Waals surface area contributed by atoms with Gasteiger partial charge in [-0.3, -0.25) is 0 Å². The molecule has 3 N–H and O–H groups in total. The zero-order valence-electron chi connectivity index (χ0n) is 12.1. The second-order valence-electron chi connectivity index (χ2n) is 5.38. The Bertz CT molecular complexity index is 511. The summed E-state index contributed by atoms with van der Waals surface area (Å²) in [6, 6.07) is 2.38. The molecule has 0 amide bonds. The largest absolute Gasteiger partial charge is 0.409 e. The summed E-state index contributed by atoms with van der Waals surface area (Å²) in [6.07, 6.45) is 4.88. The first-order chi connectivity index (χ1) is 10.1. The highest BCUT2D eigenvalue weighted by molar-refractivity contribution is 5.97. The van der Waals surface area contributed by atoms with Crippen LogP contribution in [0.2, 0.25) is 0 Å². The second kappa shape index (κ2) is 6.74. The van der Waals surface area contributed by atoms with Crippen molar-refractivity contribution in [3.8, 4) is 0 Å². The molecule has 4 nitrogen and oxygen atoms in total. The van der Waals surface area contributed by atoms with E-state index in [-0.39, 0.29) is 23.1 Å². The quantitative estimate of drug-likeness (QED) is 0.390. The number of nitrogens with two attached hydrogens (primary N) is 1. The van der Waals surface area contributed by atoms with Crippen LogP contribution in [0.4, 0.5) is 14.5 Å². The molecule has 1 heterocycles. The molecule has 1 atom stereocenters. The molecular weight excluding hydrogens is 276 g/mol. The fourth-order valence-electron chi connectivity index (χ4n) is 2.94. The van der Waals surface area contributed by atoms with E-state index >= 15 is 0 Å². The van der Waals surface area contributed by atoms with Crippen molar-refractivity contribution in [3.05, 3.63) is 29.3 Å². The molecular formula is C15H21F2N3O. The zero-order valence-corrected chi connectivity index (χ0v) is 12.1. The van der Waals surface area contributed by atoms with Crippen LogP contribution >= 0.6 is 0 Å². The van der Waals surface area contributed by atoms with Crippen LogP contribution in [0, 0.1) is 11.6 Å². The summed E-state index contributed by atoms with van der Waals surface area (Å²) in [5.41, 5.74) is 5.43. The van der Waals surface area contributed by atoms with E-state index in [2.05, 4.69) is 5.16 Å². The Labute approximate surface area is 123 Å². The van der Waals surface area contributed by atoms with Gasteiger partial charge in [-0.2, -0.15) is 0 Å². The molecule has 0 aromatic heterocycles. The lowest BCUT2D eigenvalue weighted by atomic mass is 10.1. The van der Waals surface area contributed by atoms with E-state index < -0.39 is 11.6 Å². The van der Waals surface area contributed by atoms with Gasteiger partial charge in [-0.15, -0.1) is 0 Å². The standard InChI is InChI=1S/C15H21F2N3O/c1-2-11-6-4-3-5-7-20(11)14-12(16)8-10(9-13(14)17)15(18)19-21/h8-9,11,21H,2-7H2,1H3,(H2,18,19). The highest BCUT2D eigenvalue weighted by atomic mass is 19.1. The topological polar surface area (TPSA) is 61.8 Å². The first-order valence-corrected chi connectivity index (χ1v) is 7.32. The molecule has 1 fully saturated rings. The summed E-state index contributed by atoms with van der Waals surface area (Å²) in [4.78, 5) is 1.83. The van der Waals surface area contributed by atoms with E-state index in [1.54, 1.807) is 0 Å². The molecule has 0 aliphatic carbocycles. The maximum Gasteiger partial charge on any atom is 0.170 e. The van der Waals surface area contributed by atoms with Crippen molar-refractivity contribution in [1.29, 1.82) is 0 Å². The number of hydrogen-bond donors (Lipinski definition) is 2. The van der Waals surface area contributed by atoms with Crippen LogP contribution < -0.4 is 10.6 Å². The number of benzene rings is 1. The first kappa shape index (κ1) is 15.5. The van der Waals surface area contributed by atoms with Crippen LogP contribution in [0.5, 0.6) is 0 Å². The fourth-order valence-corrected chi connectivity index (χ4v) is 2.94. The van der Waals surface area contributed by atoms with Crippen molar-refractivity contribution in [3.63, 3.8) is 0 Å². The Balaban J connectivity index is 2.42. The van der Waals surface area contributed by atoms with Gasteiger partial charge in [-0.05, 0) is 31.4 Å². The third-order valence-corrected chi connectivity index (χ3v) is 4.06. The van der Waals surface area contributed by atoms with E-state index in [4.69, 9.17) is 10.9 Å². The maximum absolute atomic E-state index is 14.4. The van der Waals surface area contributed by atoms with E-state index in [9.17, 15) is 8.78 Å². The molecule has 1 aliphatic heterocycles. The SMILES string of the molecule is CCC1CCCCCN1c1c(F)cc(C(N)=NO)cc1F. The predicted octanol–water partition coefficient (Wildman–Crippen LogP) is 3.22. The minimum Gasteiger partial charge on any atom is -0.409 e. The monoisotopic (exact) mass is 297 g/mol. The van der Waals surface area contributed by atoms with Gasteiger partial charge in [0.2, 0.25) is 0 Å². The van der Waals surface area contributed by atoms with Crippen LogP contribution in [0.1, 0.15) is 44.6 Å². The van der Waals surface area contributed by atoms with Gasteiger partial charge in [0.1, 0.15) is 17.3 Å². The normalized spacial score (nSPS) is 20.4. The Morgan fingerprint density at radius 2 is 2.00 bits per heavy atom. The lowest BCUT2D eigenvalue weighted by Gasteiger charge is -2.32. The molecule has 2 rings (SSSR count). The van der Waals surface area contributed by atoms with Gasteiger partial charge in [0.25, 0.3) is 0 Å². The molecule has 0 saturated carbocycles. The van der Waals surface area contributed by atoms with Crippen LogP contribution in [0.3, 0.4) is 0 Å². The number of rotatable bonds is 3. The summed E-state index contributed by atoms with van der Waals surface area (Å²) in [5, 5.41) is 11.4. The zero-order chi connectivity index (χ0) is 15.4. The summed E-state index contributed by atoms with van der Waals surface area (Å²) in [6.45, 7) is 2.68. The van der Waals surface area contributed by atoms with Gasteiger partial charge in [-0.25, -0.2) is 8.78 Å². The van der Waals surface area contributed by atoms with E-state index in [1.165, 1.54) is 0 Å². The molecule has 21 heavy (non-hydrogen) atoms. The lowest BCUT2D eigenvalue weighted by molar-refractivity contribution is 0.318. The number of hydrogen-bond acceptors (Lipinski definition) is 3. The first-order valence-electron chi connectivity index (χ1n) is 7.32. The van der Waals surface area contributed by atoms with Crippen molar-refractivity contribution in [2.45, 2.75) is 45.1 Å². The van der Waals surface area contributed by atoms with Crippen molar-refractivity contribution in [2.75, 3.05) is 11.4 Å². The van der Waals surface area contributed by atoms with E-state index in [1.807, 2.05) is 11.8 Å². The number of nitrogens with zero attached hydrogens (tertiary/aromatic N) is 2. The van der Waals surface area contributed by atoms with Crippen LogP contribution in [0.15, 0.2) is 17.3 Å². The number of anilines is 1. The number of amidine groups is 1. The molecule has 1 aromatic rings. The van der Waals surface area contributed by atoms with Crippen molar-refractivity contribution < 1.29 is 14.0 Å². The molecule has 1 aromatic carbocycles. The van der Waals surface area contributed by atoms with Gasteiger partial charge in [-0.1, -0.05) is 24.9 Å². The van der Waals surface area contributed by atoms with E-state index in [0.717, 1.165) is 44.2 Å². The average molecular weight is 297 g/mol. The summed E-state index contributed by atoms with van der Waals surface area (Å²) in [7, 11) is 0. The van der Waals surface area contributed by atoms with Gasteiger partial charge in [0.15, 0.2) is 5.84 Å². The van der Waals surface area contributed by atoms with Gasteiger partial charge in [0.05, 0.1) is 0 Å². The lowest BCUT2D eigenvalue weighted by Crippen LogP contribution is -2.36. The predicted molar refractivity (Wildman–Crippen MR) is 78.8 cm³/mol. The molecule has 1 saturated heterocycles. The van der Waals surface area contributed by atoms with Gasteiger partial charge < -0.3 is 15.8 Å². The molecule has 1 aliphatic rings. The second-order valence-corrected chi connectivity index (χ2v) is 5.38. The Hall–Kier alpha value is -1.85. The van der Waals surface area contributed by atoms with Gasteiger partial charge in [0, 0.05) is 18.2 Å². The molecule has 6 heteroatoms. The maximum atomic E-state index is 14.4. The summed E-state index contributed by atoms with van der Waals surface area (Å²) < 4.78 is 28.7. The van der Waals surface area contributed by atoms with Crippen molar-refractivity contribution in [1.82, 2.24) is 0 Å². The number of oxime groups is 1. The van der Waals surface area contributed by atoms with Crippen LogP contribution in [0.25, 0.3) is 0 Å².